The van der Waals surface area contributed by atoms with Crippen LogP contribution in [0.3, 0.4) is 0 Å². The third-order valence-corrected chi connectivity index (χ3v) is 3.81. The predicted octanol–water partition coefficient (Wildman–Crippen LogP) is 3.37. The van der Waals surface area contributed by atoms with Crippen molar-refractivity contribution in [3.63, 3.8) is 0 Å². The molecule has 2 unspecified atom stereocenters. The van der Waals surface area contributed by atoms with Crippen LogP contribution in [-0.4, -0.2) is 0 Å². The lowest BCUT2D eigenvalue weighted by Crippen LogP contribution is -2.30. The van der Waals surface area contributed by atoms with Crippen molar-refractivity contribution in [2.24, 2.45) is 11.8 Å². The summed E-state index contributed by atoms with van der Waals surface area (Å²) in [6.45, 7) is 4.36. The van der Waals surface area contributed by atoms with Gasteiger partial charge in [0.2, 0.25) is 0 Å². The van der Waals surface area contributed by atoms with Gasteiger partial charge in [0.25, 0.3) is 0 Å². The zero-order valence-electron chi connectivity index (χ0n) is 9.63. The van der Waals surface area contributed by atoms with Gasteiger partial charge in [-0.05, 0) is 52.6 Å². The Bertz CT molecular complexity index is 344. The number of nitrogens with one attached hydrogen (secondary N) is 1. The first kappa shape index (κ1) is 13.9. The molecular formula is C12H18FIN2. The molecular weight excluding hydrogens is 318 g/mol. The van der Waals surface area contributed by atoms with Gasteiger partial charge in [-0.3, -0.25) is 11.3 Å². The first-order valence-electron chi connectivity index (χ1n) is 5.49. The summed E-state index contributed by atoms with van der Waals surface area (Å²) in [7, 11) is 0. The van der Waals surface area contributed by atoms with Crippen LogP contribution in [0.15, 0.2) is 18.2 Å². The fourth-order valence-electron chi connectivity index (χ4n) is 1.64. The Morgan fingerprint density at radius 2 is 2.19 bits per heavy atom. The lowest BCUT2D eigenvalue weighted by Gasteiger charge is -2.21. The molecule has 0 saturated heterocycles. The average molecular weight is 336 g/mol. The summed E-state index contributed by atoms with van der Waals surface area (Å²) in [6, 6.07) is 4.93. The first-order valence-corrected chi connectivity index (χ1v) is 6.57. The van der Waals surface area contributed by atoms with Crippen LogP contribution in [0.5, 0.6) is 0 Å². The Balaban J connectivity index is 2.86. The summed E-state index contributed by atoms with van der Waals surface area (Å²) in [5.74, 6) is 5.97. The highest BCUT2D eigenvalue weighted by molar-refractivity contribution is 14.1. The van der Waals surface area contributed by atoms with Crippen LogP contribution >= 0.6 is 22.6 Å². The summed E-state index contributed by atoms with van der Waals surface area (Å²) >= 11 is 2.15. The zero-order valence-corrected chi connectivity index (χ0v) is 11.8. The van der Waals surface area contributed by atoms with E-state index in [1.165, 1.54) is 12.1 Å². The lowest BCUT2D eigenvalue weighted by molar-refractivity contribution is 0.406. The maximum absolute atomic E-state index is 13.0. The standard InChI is InChI=1S/C12H18FIN2/c1-3-8(2)6-12(16-15)10-5-4-9(13)7-11(10)14/h4-5,7-8,12,16H,3,6,15H2,1-2H3. The second kappa shape index (κ2) is 6.51. The van der Waals surface area contributed by atoms with E-state index in [0.717, 1.165) is 22.0 Å². The van der Waals surface area contributed by atoms with E-state index in [1.54, 1.807) is 0 Å². The van der Waals surface area contributed by atoms with Gasteiger partial charge in [-0.25, -0.2) is 4.39 Å². The van der Waals surface area contributed by atoms with Crippen molar-refractivity contribution in [1.29, 1.82) is 0 Å². The third kappa shape index (κ3) is 3.68. The van der Waals surface area contributed by atoms with Crippen LogP contribution in [-0.2, 0) is 0 Å². The second-order valence-electron chi connectivity index (χ2n) is 4.13. The van der Waals surface area contributed by atoms with Gasteiger partial charge in [0.15, 0.2) is 0 Å². The molecule has 4 heteroatoms. The van der Waals surface area contributed by atoms with Gasteiger partial charge in [0, 0.05) is 9.61 Å². The molecule has 0 bridgehead atoms. The summed E-state index contributed by atoms with van der Waals surface area (Å²) in [5.41, 5.74) is 3.89. The molecule has 1 aromatic rings. The quantitative estimate of drug-likeness (QED) is 0.492. The lowest BCUT2D eigenvalue weighted by atomic mass is 9.95. The fraction of sp³-hybridized carbons (Fsp3) is 0.500. The molecule has 1 aromatic carbocycles. The van der Waals surface area contributed by atoms with E-state index < -0.39 is 0 Å². The molecule has 0 aliphatic carbocycles. The van der Waals surface area contributed by atoms with Gasteiger partial charge in [0.05, 0.1) is 0 Å². The topological polar surface area (TPSA) is 38.0 Å². The summed E-state index contributed by atoms with van der Waals surface area (Å²) in [6.07, 6.45) is 2.09. The molecule has 0 fully saturated rings. The van der Waals surface area contributed by atoms with Gasteiger partial charge >= 0.3 is 0 Å². The van der Waals surface area contributed by atoms with Crippen LogP contribution in [0, 0.1) is 15.3 Å². The van der Waals surface area contributed by atoms with Crippen LogP contribution < -0.4 is 11.3 Å². The maximum atomic E-state index is 13.0. The molecule has 0 heterocycles. The van der Waals surface area contributed by atoms with E-state index in [9.17, 15) is 4.39 Å². The first-order chi connectivity index (χ1) is 7.58. The molecule has 0 aliphatic rings. The largest absolute Gasteiger partial charge is 0.271 e. The highest BCUT2D eigenvalue weighted by Crippen LogP contribution is 2.26. The monoisotopic (exact) mass is 336 g/mol. The molecule has 1 rings (SSSR count). The SMILES string of the molecule is CCC(C)CC(NN)c1ccc(F)cc1I. The zero-order chi connectivity index (χ0) is 12.1. The molecule has 0 saturated carbocycles. The number of nitrogens with two attached hydrogens (primary N) is 1. The van der Waals surface area contributed by atoms with E-state index >= 15 is 0 Å². The Kier molecular flexibility index (Phi) is 5.64. The van der Waals surface area contributed by atoms with Crippen LogP contribution in [0.2, 0.25) is 0 Å². The van der Waals surface area contributed by atoms with Crippen LogP contribution in [0.25, 0.3) is 0 Å². The minimum atomic E-state index is -0.201. The van der Waals surface area contributed by atoms with Crippen LogP contribution in [0.1, 0.15) is 38.3 Å². The van der Waals surface area contributed by atoms with E-state index in [2.05, 4.69) is 41.9 Å². The maximum Gasteiger partial charge on any atom is 0.124 e. The molecule has 2 nitrogen and oxygen atoms in total. The minimum Gasteiger partial charge on any atom is -0.271 e. The summed E-state index contributed by atoms with van der Waals surface area (Å²) in [4.78, 5) is 0. The van der Waals surface area contributed by atoms with Crippen molar-refractivity contribution in [1.82, 2.24) is 5.43 Å². The van der Waals surface area contributed by atoms with E-state index in [4.69, 9.17) is 5.84 Å². The molecule has 0 radical (unpaired) electrons. The molecule has 0 amide bonds. The van der Waals surface area contributed by atoms with Gasteiger partial charge < -0.3 is 0 Å². The molecule has 0 aromatic heterocycles. The number of hydrazine groups is 1. The van der Waals surface area contributed by atoms with E-state index in [1.807, 2.05) is 6.07 Å². The third-order valence-electron chi connectivity index (χ3n) is 2.87. The number of hydrogen-bond donors (Lipinski definition) is 2. The summed E-state index contributed by atoms with van der Waals surface area (Å²) in [5, 5.41) is 0. The molecule has 2 atom stereocenters. The number of halogens is 2. The number of rotatable bonds is 5. The molecule has 16 heavy (non-hydrogen) atoms. The highest BCUT2D eigenvalue weighted by Gasteiger charge is 2.15. The van der Waals surface area contributed by atoms with E-state index in [-0.39, 0.29) is 11.9 Å². The normalized spacial score (nSPS) is 14.8. The molecule has 3 N–H and O–H groups in total. The highest BCUT2D eigenvalue weighted by atomic mass is 127. The Hall–Kier alpha value is -0.200. The van der Waals surface area contributed by atoms with Crippen molar-refractivity contribution in [3.8, 4) is 0 Å². The van der Waals surface area contributed by atoms with Gasteiger partial charge in [-0.1, -0.05) is 26.3 Å². The number of hydrogen-bond acceptors (Lipinski definition) is 2. The Morgan fingerprint density at radius 1 is 1.50 bits per heavy atom. The van der Waals surface area contributed by atoms with Crippen molar-refractivity contribution in [2.75, 3.05) is 0 Å². The number of benzene rings is 1. The fourth-order valence-corrected chi connectivity index (χ4v) is 2.49. The van der Waals surface area contributed by atoms with Crippen LogP contribution in [0.4, 0.5) is 4.39 Å². The predicted molar refractivity (Wildman–Crippen MR) is 73.3 cm³/mol. The van der Waals surface area contributed by atoms with Gasteiger partial charge in [-0.15, -0.1) is 0 Å². The van der Waals surface area contributed by atoms with Crippen molar-refractivity contribution in [3.05, 3.63) is 33.1 Å². The minimum absolute atomic E-state index is 0.0995. The summed E-state index contributed by atoms with van der Waals surface area (Å²) < 4.78 is 13.9. The molecule has 90 valence electrons. The van der Waals surface area contributed by atoms with Crippen molar-refractivity contribution in [2.45, 2.75) is 32.7 Å². The molecule has 0 aliphatic heterocycles. The Morgan fingerprint density at radius 3 is 2.69 bits per heavy atom. The van der Waals surface area contributed by atoms with E-state index in [0.29, 0.717) is 5.92 Å². The molecule has 0 spiro atoms. The van der Waals surface area contributed by atoms with Gasteiger partial charge in [-0.2, -0.15) is 0 Å². The average Bonchev–Trinajstić information content (AvgIpc) is 2.26. The second-order valence-corrected chi connectivity index (χ2v) is 5.30. The smallest absolute Gasteiger partial charge is 0.124 e. The van der Waals surface area contributed by atoms with Crippen molar-refractivity contribution >= 4 is 22.6 Å². The van der Waals surface area contributed by atoms with Crippen molar-refractivity contribution < 1.29 is 4.39 Å². The van der Waals surface area contributed by atoms with Gasteiger partial charge in [0.1, 0.15) is 5.82 Å². The Labute approximate surface area is 110 Å².